The third kappa shape index (κ3) is 3.91. The van der Waals surface area contributed by atoms with E-state index in [1.165, 1.54) is 5.56 Å². The molecule has 1 atom stereocenters. The Hall–Kier alpha value is -3.84. The van der Waals surface area contributed by atoms with Crippen molar-refractivity contribution in [2.24, 2.45) is 4.99 Å². The summed E-state index contributed by atoms with van der Waals surface area (Å²) in [5.41, 5.74) is 3.81. The molecule has 1 unspecified atom stereocenters. The fourth-order valence-corrected chi connectivity index (χ4v) is 4.93. The number of allylic oxidation sites excluding steroid dienone is 2. The largest absolute Gasteiger partial charge is 0.324 e. The van der Waals surface area contributed by atoms with Crippen molar-refractivity contribution in [1.29, 1.82) is 0 Å². The standard InChI is InChI=1S/C26H22N4O2S/c1-17-7-3-4-8-20(17)24-28-21(16-33-24)18-10-12-19(13-11-18)27-25(32)26(2)15-23(31)29-22-9-5-6-14-30(22)26/h3-14,16H,15H2,1-2H3,(H,27,32). The van der Waals surface area contributed by atoms with Crippen LogP contribution in [0.1, 0.15) is 18.9 Å². The number of carbonyl (C=O) groups is 2. The molecule has 164 valence electrons. The molecule has 7 heteroatoms. The fraction of sp³-hybridized carbons (Fsp3) is 0.154. The van der Waals surface area contributed by atoms with Gasteiger partial charge in [-0.15, -0.1) is 11.3 Å². The van der Waals surface area contributed by atoms with Gasteiger partial charge < -0.3 is 10.2 Å². The SMILES string of the molecule is Cc1ccccc1-c1nc(-c2ccc(NC(=O)C3(C)CC(=O)N=C4C=CC=CN43)cc2)cs1. The Morgan fingerprint density at radius 1 is 1.12 bits per heavy atom. The van der Waals surface area contributed by atoms with Gasteiger partial charge in [0.25, 0.3) is 11.8 Å². The first kappa shape index (κ1) is 21.0. The third-order valence-electron chi connectivity index (χ3n) is 5.91. The highest BCUT2D eigenvalue weighted by atomic mass is 32.1. The second-order valence-corrected chi connectivity index (χ2v) is 9.13. The molecular weight excluding hydrogens is 432 g/mol. The van der Waals surface area contributed by atoms with Crippen LogP contribution < -0.4 is 5.32 Å². The van der Waals surface area contributed by atoms with Crippen LogP contribution in [-0.4, -0.2) is 33.1 Å². The van der Waals surface area contributed by atoms with Gasteiger partial charge in [0.2, 0.25) is 0 Å². The Balaban J connectivity index is 1.34. The summed E-state index contributed by atoms with van der Waals surface area (Å²) in [5.74, 6) is -0.0802. The van der Waals surface area contributed by atoms with E-state index in [1.54, 1.807) is 41.5 Å². The first-order valence-corrected chi connectivity index (χ1v) is 11.5. The minimum atomic E-state index is -1.05. The number of aromatic nitrogens is 1. The highest BCUT2D eigenvalue weighted by Crippen LogP contribution is 2.32. The molecule has 0 saturated heterocycles. The molecule has 2 aromatic carbocycles. The maximum Gasteiger partial charge on any atom is 0.250 e. The predicted molar refractivity (Wildman–Crippen MR) is 132 cm³/mol. The van der Waals surface area contributed by atoms with Gasteiger partial charge in [0.15, 0.2) is 0 Å². The van der Waals surface area contributed by atoms with E-state index >= 15 is 0 Å². The van der Waals surface area contributed by atoms with E-state index in [0.717, 1.165) is 21.8 Å². The first-order valence-electron chi connectivity index (χ1n) is 10.6. The zero-order valence-corrected chi connectivity index (χ0v) is 19.1. The van der Waals surface area contributed by atoms with Crippen molar-refractivity contribution >= 4 is 34.7 Å². The minimum Gasteiger partial charge on any atom is -0.324 e. The Morgan fingerprint density at radius 2 is 1.91 bits per heavy atom. The normalized spacial score (nSPS) is 19.3. The number of amides is 2. The Bertz CT molecular complexity index is 1340. The molecular formula is C26H22N4O2S. The summed E-state index contributed by atoms with van der Waals surface area (Å²) >= 11 is 1.61. The van der Waals surface area contributed by atoms with Crippen LogP contribution in [0.3, 0.4) is 0 Å². The van der Waals surface area contributed by atoms with E-state index in [2.05, 4.69) is 29.4 Å². The number of aliphatic imine (C=N–C) groups is 1. The fourth-order valence-electron chi connectivity index (χ4n) is 4.01. The molecule has 2 aliphatic heterocycles. The van der Waals surface area contributed by atoms with Gasteiger partial charge in [-0.1, -0.05) is 42.5 Å². The molecule has 0 fully saturated rings. The first-order chi connectivity index (χ1) is 15.9. The summed E-state index contributed by atoms with van der Waals surface area (Å²) in [5, 5.41) is 5.98. The second kappa shape index (κ2) is 8.26. The van der Waals surface area contributed by atoms with Gasteiger partial charge in [0.1, 0.15) is 16.4 Å². The van der Waals surface area contributed by atoms with E-state index in [-0.39, 0.29) is 18.2 Å². The van der Waals surface area contributed by atoms with Crippen LogP contribution in [0.5, 0.6) is 0 Å². The van der Waals surface area contributed by atoms with Crippen LogP contribution >= 0.6 is 11.3 Å². The van der Waals surface area contributed by atoms with E-state index in [9.17, 15) is 9.59 Å². The highest BCUT2D eigenvalue weighted by Gasteiger charge is 2.45. The predicted octanol–water partition coefficient (Wildman–Crippen LogP) is 5.20. The molecule has 5 rings (SSSR count). The summed E-state index contributed by atoms with van der Waals surface area (Å²) in [6, 6.07) is 15.8. The quantitative estimate of drug-likeness (QED) is 0.588. The monoisotopic (exact) mass is 454 g/mol. The van der Waals surface area contributed by atoms with Gasteiger partial charge in [-0.3, -0.25) is 9.59 Å². The molecule has 0 radical (unpaired) electrons. The molecule has 3 aromatic rings. The molecule has 1 N–H and O–H groups in total. The zero-order valence-electron chi connectivity index (χ0n) is 18.3. The number of thiazole rings is 1. The molecule has 0 bridgehead atoms. The number of hydrogen-bond acceptors (Lipinski definition) is 5. The average molecular weight is 455 g/mol. The lowest BCUT2D eigenvalue weighted by Gasteiger charge is -2.41. The van der Waals surface area contributed by atoms with E-state index in [0.29, 0.717) is 11.5 Å². The number of amidine groups is 1. The van der Waals surface area contributed by atoms with Crippen LogP contribution in [0.25, 0.3) is 21.8 Å². The Kier molecular flexibility index (Phi) is 5.26. The van der Waals surface area contributed by atoms with Crippen molar-refractivity contribution in [1.82, 2.24) is 9.88 Å². The average Bonchev–Trinajstić information content (AvgIpc) is 3.30. The molecule has 3 heterocycles. The van der Waals surface area contributed by atoms with Gasteiger partial charge in [-0.25, -0.2) is 4.98 Å². The number of benzene rings is 2. The van der Waals surface area contributed by atoms with Gasteiger partial charge in [0, 0.05) is 28.4 Å². The summed E-state index contributed by atoms with van der Waals surface area (Å²) in [7, 11) is 0. The molecule has 2 amide bonds. The number of anilines is 1. The topological polar surface area (TPSA) is 74.7 Å². The summed E-state index contributed by atoms with van der Waals surface area (Å²) in [4.78, 5) is 36.0. The van der Waals surface area contributed by atoms with Crippen molar-refractivity contribution in [3.8, 4) is 21.8 Å². The molecule has 0 aliphatic carbocycles. The third-order valence-corrected chi connectivity index (χ3v) is 6.79. The molecule has 0 saturated carbocycles. The number of carbonyl (C=O) groups excluding carboxylic acids is 2. The maximum absolute atomic E-state index is 13.2. The number of hydrogen-bond donors (Lipinski definition) is 1. The summed E-state index contributed by atoms with van der Waals surface area (Å²) in [6.45, 7) is 3.84. The number of nitrogens with zero attached hydrogens (tertiary/aromatic N) is 3. The molecule has 33 heavy (non-hydrogen) atoms. The summed E-state index contributed by atoms with van der Waals surface area (Å²) in [6.07, 6.45) is 7.15. The smallest absolute Gasteiger partial charge is 0.250 e. The van der Waals surface area contributed by atoms with E-state index in [1.807, 2.05) is 47.9 Å². The van der Waals surface area contributed by atoms with Crippen LogP contribution in [0.2, 0.25) is 0 Å². The van der Waals surface area contributed by atoms with Crippen LogP contribution in [0.4, 0.5) is 5.69 Å². The minimum absolute atomic E-state index is 0.0130. The molecule has 6 nitrogen and oxygen atoms in total. The number of nitrogens with one attached hydrogen (secondary N) is 1. The Morgan fingerprint density at radius 3 is 2.70 bits per heavy atom. The van der Waals surface area contributed by atoms with Crippen molar-refractivity contribution in [3.63, 3.8) is 0 Å². The van der Waals surface area contributed by atoms with Crippen LogP contribution in [0, 0.1) is 6.92 Å². The van der Waals surface area contributed by atoms with Gasteiger partial charge in [-0.2, -0.15) is 4.99 Å². The number of fused-ring (bicyclic) bond motifs is 1. The highest BCUT2D eigenvalue weighted by molar-refractivity contribution is 7.13. The van der Waals surface area contributed by atoms with E-state index < -0.39 is 5.54 Å². The van der Waals surface area contributed by atoms with Gasteiger partial charge >= 0.3 is 0 Å². The zero-order chi connectivity index (χ0) is 23.0. The van der Waals surface area contributed by atoms with Crippen molar-refractivity contribution in [2.45, 2.75) is 25.8 Å². The van der Waals surface area contributed by atoms with E-state index in [4.69, 9.17) is 4.98 Å². The van der Waals surface area contributed by atoms with Crippen LogP contribution in [-0.2, 0) is 9.59 Å². The lowest BCUT2D eigenvalue weighted by Crippen LogP contribution is -2.58. The Labute approximate surface area is 196 Å². The second-order valence-electron chi connectivity index (χ2n) is 8.27. The summed E-state index contributed by atoms with van der Waals surface area (Å²) < 4.78 is 0. The molecule has 2 aliphatic rings. The van der Waals surface area contributed by atoms with Gasteiger partial charge in [-0.05, 0) is 43.7 Å². The lowest BCUT2D eigenvalue weighted by atomic mass is 9.91. The van der Waals surface area contributed by atoms with Crippen molar-refractivity contribution < 1.29 is 9.59 Å². The number of aryl methyl sites for hydroxylation is 1. The number of rotatable bonds is 4. The van der Waals surface area contributed by atoms with Gasteiger partial charge in [0.05, 0.1) is 12.1 Å². The van der Waals surface area contributed by atoms with Crippen molar-refractivity contribution in [3.05, 3.63) is 83.9 Å². The van der Waals surface area contributed by atoms with Crippen molar-refractivity contribution in [2.75, 3.05) is 5.32 Å². The molecule has 1 aromatic heterocycles. The van der Waals surface area contributed by atoms with Crippen LogP contribution in [0.15, 0.2) is 83.3 Å². The lowest BCUT2D eigenvalue weighted by molar-refractivity contribution is -0.130. The molecule has 0 spiro atoms. The maximum atomic E-state index is 13.2.